The molecule has 0 radical (unpaired) electrons. The van der Waals surface area contributed by atoms with E-state index < -0.39 is 0 Å². The summed E-state index contributed by atoms with van der Waals surface area (Å²) in [4.78, 5) is 12.8. The number of hydrogen-bond donors (Lipinski definition) is 0. The molecule has 0 amide bonds. The van der Waals surface area contributed by atoms with Crippen molar-refractivity contribution in [2.75, 3.05) is 27.2 Å². The normalized spacial score (nSPS) is 13.2. The lowest BCUT2D eigenvalue weighted by molar-refractivity contribution is -0.906. The van der Waals surface area contributed by atoms with Crippen molar-refractivity contribution in [3.63, 3.8) is 0 Å². The molecule has 0 aliphatic carbocycles. The van der Waals surface area contributed by atoms with E-state index in [-0.39, 0.29) is 18.0 Å². The fourth-order valence-corrected chi connectivity index (χ4v) is 4.69. The van der Waals surface area contributed by atoms with Crippen molar-refractivity contribution in [1.29, 1.82) is 0 Å². The Morgan fingerprint density at radius 3 is 2.19 bits per heavy atom. The Bertz CT molecular complexity index is 847. The second-order valence-electron chi connectivity index (χ2n) is 10.9. The van der Waals surface area contributed by atoms with Gasteiger partial charge in [-0.25, -0.2) is 0 Å². The number of hydrogen-bond acceptors (Lipinski definition) is 3. The van der Waals surface area contributed by atoms with E-state index >= 15 is 0 Å². The smallest absolute Gasteiger partial charge is 0.314 e. The van der Waals surface area contributed by atoms with Crippen LogP contribution in [0.3, 0.4) is 0 Å². The van der Waals surface area contributed by atoms with Gasteiger partial charge in [-0.3, -0.25) is 4.79 Å². The van der Waals surface area contributed by atoms with Gasteiger partial charge in [-0.1, -0.05) is 88.4 Å². The summed E-state index contributed by atoms with van der Waals surface area (Å²) in [7, 11) is 4.36. The summed E-state index contributed by atoms with van der Waals surface area (Å²) in [5.41, 5.74) is 2.66. The van der Waals surface area contributed by atoms with Gasteiger partial charge in [-0.15, -0.1) is 0 Å². The molecule has 4 heteroatoms. The van der Waals surface area contributed by atoms with E-state index in [0.29, 0.717) is 13.0 Å². The van der Waals surface area contributed by atoms with Gasteiger partial charge in [0.25, 0.3) is 0 Å². The first-order valence-electron chi connectivity index (χ1n) is 14.1. The molecule has 4 nitrogen and oxygen atoms in total. The molecule has 2 aromatic rings. The predicted molar refractivity (Wildman–Crippen MR) is 150 cm³/mol. The SMILES string of the molecule is CCCCCCCCc1ccc(OC(C)CCOC(=O)C(CC)C[N+](C)(C)Cc2ccccc2)cc1. The van der Waals surface area contributed by atoms with Gasteiger partial charge in [0.1, 0.15) is 18.2 Å². The quantitative estimate of drug-likeness (QED) is 0.121. The van der Waals surface area contributed by atoms with E-state index in [4.69, 9.17) is 9.47 Å². The molecular weight excluding hydrogens is 446 g/mol. The van der Waals surface area contributed by atoms with E-state index in [9.17, 15) is 4.79 Å². The minimum absolute atomic E-state index is 0.00686. The van der Waals surface area contributed by atoms with Gasteiger partial charge in [0.15, 0.2) is 0 Å². The summed E-state index contributed by atoms with van der Waals surface area (Å²) in [6, 6.07) is 18.9. The monoisotopic (exact) mass is 496 g/mol. The van der Waals surface area contributed by atoms with E-state index in [1.807, 2.05) is 13.0 Å². The van der Waals surface area contributed by atoms with Crippen molar-refractivity contribution in [1.82, 2.24) is 0 Å². The Morgan fingerprint density at radius 1 is 0.861 bits per heavy atom. The van der Waals surface area contributed by atoms with Crippen LogP contribution in [0.4, 0.5) is 0 Å². The lowest BCUT2D eigenvalue weighted by atomic mass is 10.0. The summed E-state index contributed by atoms with van der Waals surface area (Å²) in [6.45, 7) is 8.41. The fraction of sp³-hybridized carbons (Fsp3) is 0.594. The van der Waals surface area contributed by atoms with Gasteiger partial charge < -0.3 is 14.0 Å². The topological polar surface area (TPSA) is 35.5 Å². The Hall–Kier alpha value is -2.33. The van der Waals surface area contributed by atoms with Gasteiger partial charge >= 0.3 is 5.97 Å². The summed E-state index contributed by atoms with van der Waals surface area (Å²) in [6.07, 6.45) is 10.5. The second-order valence-corrected chi connectivity index (χ2v) is 10.9. The number of benzene rings is 2. The minimum Gasteiger partial charge on any atom is -0.491 e. The standard InChI is InChI=1S/C32H50NO3/c1-6-8-9-10-11-13-16-28-19-21-31(22-20-28)36-27(3)23-24-35-32(34)30(7-2)26-33(4,5)25-29-17-14-12-15-18-29/h12,14-15,17-22,27,30H,6-11,13,16,23-26H2,1-5H3/q+1. The van der Waals surface area contributed by atoms with Crippen molar-refractivity contribution in [3.8, 4) is 5.75 Å². The van der Waals surface area contributed by atoms with Gasteiger partial charge in [0.2, 0.25) is 0 Å². The summed E-state index contributed by atoms with van der Waals surface area (Å²) < 4.78 is 12.5. The first-order chi connectivity index (χ1) is 17.3. The molecule has 2 atom stereocenters. The highest BCUT2D eigenvalue weighted by Gasteiger charge is 2.28. The first kappa shape index (κ1) is 29.9. The average Bonchev–Trinajstić information content (AvgIpc) is 2.86. The zero-order chi connectivity index (χ0) is 26.2. The molecule has 0 saturated carbocycles. The molecule has 0 aliphatic heterocycles. The Balaban J connectivity index is 1.68. The first-order valence-corrected chi connectivity index (χ1v) is 14.1. The van der Waals surface area contributed by atoms with Crippen LogP contribution in [0.5, 0.6) is 5.75 Å². The Labute approximate surface area is 220 Å². The predicted octanol–water partition coefficient (Wildman–Crippen LogP) is 7.59. The van der Waals surface area contributed by atoms with E-state index in [1.54, 1.807) is 0 Å². The molecule has 0 heterocycles. The van der Waals surface area contributed by atoms with Gasteiger partial charge in [-0.2, -0.15) is 0 Å². The number of rotatable bonds is 18. The molecule has 0 aromatic heterocycles. The maximum absolute atomic E-state index is 12.8. The zero-order valence-corrected chi connectivity index (χ0v) is 23.5. The molecule has 0 aliphatic rings. The number of ether oxygens (including phenoxy) is 2. The van der Waals surface area contributed by atoms with E-state index in [1.165, 1.54) is 49.7 Å². The number of carbonyl (C=O) groups excluding carboxylic acids is 1. The van der Waals surface area contributed by atoms with Crippen molar-refractivity contribution < 1.29 is 18.8 Å². The van der Waals surface area contributed by atoms with Crippen LogP contribution in [0.1, 0.15) is 83.3 Å². The number of nitrogens with zero attached hydrogens (tertiary/aromatic N) is 1. The molecular formula is C32H50NO3+. The summed E-state index contributed by atoms with van der Waals surface area (Å²) in [5, 5.41) is 0. The van der Waals surface area contributed by atoms with Gasteiger partial charge in [0, 0.05) is 12.0 Å². The van der Waals surface area contributed by atoms with Crippen LogP contribution in [0, 0.1) is 5.92 Å². The second kappa shape index (κ2) is 16.4. The number of carbonyl (C=O) groups is 1. The van der Waals surface area contributed by atoms with Crippen LogP contribution < -0.4 is 4.74 Å². The molecule has 0 bridgehead atoms. The van der Waals surface area contributed by atoms with Crippen LogP contribution in [-0.4, -0.2) is 43.8 Å². The minimum atomic E-state index is -0.0980. The van der Waals surface area contributed by atoms with E-state index in [0.717, 1.165) is 36.2 Å². The van der Waals surface area contributed by atoms with Crippen molar-refractivity contribution in [2.45, 2.75) is 91.2 Å². The summed E-state index contributed by atoms with van der Waals surface area (Å²) >= 11 is 0. The maximum atomic E-state index is 12.8. The fourth-order valence-electron chi connectivity index (χ4n) is 4.69. The number of aryl methyl sites for hydroxylation is 1. The molecule has 0 saturated heterocycles. The van der Waals surface area contributed by atoms with Gasteiger partial charge in [-0.05, 0) is 43.9 Å². The lowest BCUT2D eigenvalue weighted by Gasteiger charge is -2.32. The molecule has 36 heavy (non-hydrogen) atoms. The molecule has 2 rings (SSSR count). The number of quaternary nitrogens is 1. The molecule has 2 aromatic carbocycles. The molecule has 0 fully saturated rings. The van der Waals surface area contributed by atoms with Crippen LogP contribution in [0.2, 0.25) is 0 Å². The Kier molecular flexibility index (Phi) is 13.6. The van der Waals surface area contributed by atoms with E-state index in [2.05, 4.69) is 76.5 Å². The molecule has 0 N–H and O–H groups in total. The maximum Gasteiger partial charge on any atom is 0.314 e. The molecule has 2 unspecified atom stereocenters. The van der Waals surface area contributed by atoms with Crippen LogP contribution in [0.15, 0.2) is 54.6 Å². The summed E-state index contributed by atoms with van der Waals surface area (Å²) in [5.74, 6) is 0.689. The largest absolute Gasteiger partial charge is 0.491 e. The third-order valence-electron chi connectivity index (χ3n) is 6.84. The third kappa shape index (κ3) is 12.1. The highest BCUT2D eigenvalue weighted by molar-refractivity contribution is 5.72. The van der Waals surface area contributed by atoms with Gasteiger partial charge in [0.05, 0.1) is 33.4 Å². The van der Waals surface area contributed by atoms with Crippen LogP contribution in [-0.2, 0) is 22.5 Å². The van der Waals surface area contributed by atoms with Crippen molar-refractivity contribution in [3.05, 3.63) is 65.7 Å². The molecule has 200 valence electrons. The van der Waals surface area contributed by atoms with Crippen molar-refractivity contribution >= 4 is 5.97 Å². The number of esters is 1. The Morgan fingerprint density at radius 2 is 1.53 bits per heavy atom. The van der Waals surface area contributed by atoms with Crippen molar-refractivity contribution in [2.24, 2.45) is 5.92 Å². The number of unbranched alkanes of at least 4 members (excludes halogenated alkanes) is 5. The average molecular weight is 497 g/mol. The lowest BCUT2D eigenvalue weighted by Crippen LogP contribution is -2.44. The molecule has 0 spiro atoms. The van der Waals surface area contributed by atoms with Crippen LogP contribution >= 0.6 is 0 Å². The highest BCUT2D eigenvalue weighted by atomic mass is 16.5. The van der Waals surface area contributed by atoms with Crippen LogP contribution in [0.25, 0.3) is 0 Å². The zero-order valence-electron chi connectivity index (χ0n) is 23.5. The highest BCUT2D eigenvalue weighted by Crippen LogP contribution is 2.19. The third-order valence-corrected chi connectivity index (χ3v) is 6.84.